The van der Waals surface area contributed by atoms with Crippen molar-refractivity contribution in [2.45, 2.75) is 32.1 Å². The molecule has 0 aromatic rings. The Bertz CT molecular complexity index is 168. The van der Waals surface area contributed by atoms with Crippen LogP contribution in [0.15, 0.2) is 0 Å². The zero-order chi connectivity index (χ0) is 10.1. The normalized spacial score (nSPS) is 46.4. The van der Waals surface area contributed by atoms with Gasteiger partial charge in [0.25, 0.3) is 0 Å². The summed E-state index contributed by atoms with van der Waals surface area (Å²) < 4.78 is 0. The van der Waals surface area contributed by atoms with Crippen LogP contribution < -0.4 is 0 Å². The molecular formula is C13H24N2. The quantitative estimate of drug-likeness (QED) is 0.599. The molecule has 86 valence electrons. The summed E-state index contributed by atoms with van der Waals surface area (Å²) in [7, 11) is 0. The van der Waals surface area contributed by atoms with Crippen LogP contribution in [0, 0.1) is 11.8 Å². The maximum Gasteiger partial charge on any atom is 0.00106 e. The molecule has 5 fully saturated rings. The van der Waals surface area contributed by atoms with E-state index >= 15 is 0 Å². The third-order valence-electron chi connectivity index (χ3n) is 4.78. The minimum absolute atomic E-state index is 1.10. The molecule has 0 aliphatic carbocycles. The maximum absolute atomic E-state index is 2.58. The second kappa shape index (κ2) is 4.42. The standard InChI is InChI=1S/C7H13N.C6H11N/c1-4-8-5-2-7(1)3-6-8;1-3-7-4-2-6(1)5-7/h7H,1-6H2;6H,1-5H2. The monoisotopic (exact) mass is 208 g/mol. The fourth-order valence-corrected chi connectivity index (χ4v) is 3.58. The van der Waals surface area contributed by atoms with Gasteiger partial charge >= 0.3 is 0 Å². The molecule has 0 aromatic carbocycles. The number of hydrogen-bond acceptors (Lipinski definition) is 2. The molecule has 0 N–H and O–H groups in total. The van der Waals surface area contributed by atoms with Crippen molar-refractivity contribution < 1.29 is 0 Å². The van der Waals surface area contributed by atoms with E-state index in [4.69, 9.17) is 0 Å². The highest BCUT2D eigenvalue weighted by molar-refractivity contribution is 4.82. The fraction of sp³-hybridized carbons (Fsp3) is 1.00. The molecular weight excluding hydrogens is 184 g/mol. The predicted molar refractivity (Wildman–Crippen MR) is 62.9 cm³/mol. The maximum atomic E-state index is 2.58. The number of piperidine rings is 4. The van der Waals surface area contributed by atoms with Gasteiger partial charge in [-0.3, -0.25) is 0 Å². The molecule has 0 unspecified atom stereocenters. The van der Waals surface area contributed by atoms with Crippen LogP contribution in [0.4, 0.5) is 0 Å². The van der Waals surface area contributed by atoms with Gasteiger partial charge in [-0.15, -0.1) is 0 Å². The molecule has 5 saturated heterocycles. The van der Waals surface area contributed by atoms with Crippen molar-refractivity contribution in [2.24, 2.45) is 11.8 Å². The smallest absolute Gasteiger partial charge is 0.00106 e. The Kier molecular flexibility index (Phi) is 2.98. The minimum atomic E-state index is 1.10. The van der Waals surface area contributed by atoms with E-state index in [2.05, 4.69) is 9.80 Å². The summed E-state index contributed by atoms with van der Waals surface area (Å²) in [6.45, 7) is 8.38. The minimum Gasteiger partial charge on any atom is -0.303 e. The second-order valence-corrected chi connectivity index (χ2v) is 5.82. The molecule has 4 bridgehead atoms. The summed E-state index contributed by atoms with van der Waals surface area (Å²) in [6, 6.07) is 0. The molecule has 0 saturated carbocycles. The highest BCUT2D eigenvalue weighted by Gasteiger charge is 2.28. The molecule has 0 aromatic heterocycles. The summed E-state index contributed by atoms with van der Waals surface area (Å²) >= 11 is 0. The number of fused-ring (bicyclic) bond motifs is 5. The molecule has 0 atom stereocenters. The summed E-state index contributed by atoms with van der Waals surface area (Å²) in [5, 5.41) is 0. The van der Waals surface area contributed by atoms with Crippen LogP contribution in [0.1, 0.15) is 32.1 Å². The summed E-state index contributed by atoms with van der Waals surface area (Å²) in [6.07, 6.45) is 7.43. The lowest BCUT2D eigenvalue weighted by Gasteiger charge is -2.38. The first-order valence-electron chi connectivity index (χ1n) is 6.85. The Morgan fingerprint density at radius 1 is 0.533 bits per heavy atom. The summed E-state index contributed by atoms with van der Waals surface area (Å²) in [5.41, 5.74) is 0. The zero-order valence-corrected chi connectivity index (χ0v) is 9.83. The van der Waals surface area contributed by atoms with E-state index in [1.54, 1.807) is 0 Å². The van der Waals surface area contributed by atoms with E-state index in [1.165, 1.54) is 71.4 Å². The van der Waals surface area contributed by atoms with Crippen LogP contribution in [0.3, 0.4) is 0 Å². The van der Waals surface area contributed by atoms with Gasteiger partial charge in [-0.25, -0.2) is 0 Å². The Labute approximate surface area is 93.6 Å². The van der Waals surface area contributed by atoms with Gasteiger partial charge in [-0.2, -0.15) is 0 Å². The Morgan fingerprint density at radius 2 is 1.00 bits per heavy atom. The number of nitrogens with zero attached hydrogens (tertiary/aromatic N) is 2. The molecule has 15 heavy (non-hydrogen) atoms. The van der Waals surface area contributed by atoms with Crippen LogP contribution in [0.2, 0.25) is 0 Å². The van der Waals surface area contributed by atoms with Gasteiger partial charge in [0.15, 0.2) is 0 Å². The average Bonchev–Trinajstić information content (AvgIpc) is 2.97. The molecule has 5 aliphatic rings. The molecule has 0 spiro atoms. The molecule has 2 nitrogen and oxygen atoms in total. The van der Waals surface area contributed by atoms with Gasteiger partial charge in [0.05, 0.1) is 0 Å². The van der Waals surface area contributed by atoms with Gasteiger partial charge in [0, 0.05) is 6.54 Å². The van der Waals surface area contributed by atoms with Crippen LogP contribution in [0.5, 0.6) is 0 Å². The highest BCUT2D eigenvalue weighted by Crippen LogP contribution is 2.26. The third-order valence-corrected chi connectivity index (χ3v) is 4.78. The first kappa shape index (κ1) is 10.1. The Morgan fingerprint density at radius 3 is 1.13 bits per heavy atom. The highest BCUT2D eigenvalue weighted by atomic mass is 15.2. The van der Waals surface area contributed by atoms with Gasteiger partial charge < -0.3 is 9.80 Å². The van der Waals surface area contributed by atoms with E-state index in [1.807, 2.05) is 0 Å². The Hall–Kier alpha value is -0.0800. The SMILES string of the molecule is C1CN2CCC1C2.C1CN2CCC1CC2. The fourth-order valence-electron chi connectivity index (χ4n) is 3.58. The first-order chi connectivity index (χ1) is 7.40. The average molecular weight is 208 g/mol. The van der Waals surface area contributed by atoms with E-state index in [0.29, 0.717) is 0 Å². The van der Waals surface area contributed by atoms with E-state index in [-0.39, 0.29) is 0 Å². The van der Waals surface area contributed by atoms with Crippen molar-refractivity contribution in [1.82, 2.24) is 9.80 Å². The predicted octanol–water partition coefficient (Wildman–Crippen LogP) is 1.81. The third kappa shape index (κ3) is 2.36. The van der Waals surface area contributed by atoms with Gasteiger partial charge in [0.1, 0.15) is 0 Å². The van der Waals surface area contributed by atoms with Crippen molar-refractivity contribution in [3.8, 4) is 0 Å². The molecule has 2 heteroatoms. The lowest BCUT2D eigenvalue weighted by molar-refractivity contribution is 0.111. The topological polar surface area (TPSA) is 6.48 Å². The van der Waals surface area contributed by atoms with Crippen molar-refractivity contribution in [3.63, 3.8) is 0 Å². The lowest BCUT2D eigenvalue weighted by atomic mass is 9.89. The summed E-state index contributed by atoms with van der Waals surface area (Å²) in [4.78, 5) is 5.14. The van der Waals surface area contributed by atoms with E-state index in [9.17, 15) is 0 Å². The first-order valence-corrected chi connectivity index (χ1v) is 6.85. The van der Waals surface area contributed by atoms with Crippen LogP contribution in [-0.4, -0.2) is 49.1 Å². The molecule has 5 aliphatic heterocycles. The van der Waals surface area contributed by atoms with Crippen molar-refractivity contribution in [3.05, 3.63) is 0 Å². The second-order valence-electron chi connectivity index (χ2n) is 5.82. The van der Waals surface area contributed by atoms with E-state index < -0.39 is 0 Å². The Balaban J connectivity index is 0.0000000971. The lowest BCUT2D eigenvalue weighted by Crippen LogP contribution is -2.41. The molecule has 5 rings (SSSR count). The molecule has 0 amide bonds. The molecule has 5 heterocycles. The molecule has 0 radical (unpaired) electrons. The summed E-state index contributed by atoms with van der Waals surface area (Å²) in [5.74, 6) is 2.21. The van der Waals surface area contributed by atoms with Crippen LogP contribution in [-0.2, 0) is 0 Å². The van der Waals surface area contributed by atoms with Gasteiger partial charge in [0.2, 0.25) is 0 Å². The van der Waals surface area contributed by atoms with Gasteiger partial charge in [-0.05, 0) is 76.7 Å². The van der Waals surface area contributed by atoms with Crippen molar-refractivity contribution in [1.29, 1.82) is 0 Å². The van der Waals surface area contributed by atoms with Crippen molar-refractivity contribution >= 4 is 0 Å². The van der Waals surface area contributed by atoms with E-state index in [0.717, 1.165) is 11.8 Å². The van der Waals surface area contributed by atoms with Gasteiger partial charge in [-0.1, -0.05) is 0 Å². The van der Waals surface area contributed by atoms with Crippen molar-refractivity contribution in [2.75, 3.05) is 39.3 Å². The number of hydrogen-bond donors (Lipinski definition) is 0. The van der Waals surface area contributed by atoms with Crippen LogP contribution in [0.25, 0.3) is 0 Å². The number of rotatable bonds is 0. The largest absolute Gasteiger partial charge is 0.303 e. The van der Waals surface area contributed by atoms with Crippen LogP contribution >= 0.6 is 0 Å². The zero-order valence-electron chi connectivity index (χ0n) is 9.83.